The molecule has 6 nitrogen and oxygen atoms in total. The lowest BCUT2D eigenvalue weighted by Crippen LogP contribution is -2.42. The third-order valence-electron chi connectivity index (χ3n) is 6.68. The number of nitrogens with zero attached hydrogens (tertiary/aromatic N) is 4. The SMILES string of the molecule is Cc1ccc2oc(C3(C)CCN(c4c(C#N)c(=O)n(C)c5ccc(F)cc45)CC3)nc2c1. The number of hydrogen-bond acceptors (Lipinski definition) is 5. The summed E-state index contributed by atoms with van der Waals surface area (Å²) in [5.74, 6) is 0.308. The quantitative estimate of drug-likeness (QED) is 0.466. The Bertz CT molecular complexity index is 1470. The molecule has 5 rings (SSSR count). The summed E-state index contributed by atoms with van der Waals surface area (Å²) >= 11 is 0. The summed E-state index contributed by atoms with van der Waals surface area (Å²) in [4.78, 5) is 19.6. The van der Waals surface area contributed by atoms with E-state index in [4.69, 9.17) is 9.40 Å². The number of piperidine rings is 1. The van der Waals surface area contributed by atoms with Crippen molar-refractivity contribution in [3.05, 3.63) is 69.6 Å². The number of oxazole rings is 1. The van der Waals surface area contributed by atoms with Gasteiger partial charge in [-0.05, 0) is 55.7 Å². The molecule has 2 aromatic carbocycles. The fourth-order valence-electron chi connectivity index (χ4n) is 4.67. The predicted molar refractivity (Wildman–Crippen MR) is 121 cm³/mol. The van der Waals surface area contributed by atoms with Crippen molar-refractivity contribution in [2.75, 3.05) is 18.0 Å². The van der Waals surface area contributed by atoms with Crippen LogP contribution in [0.3, 0.4) is 0 Å². The second-order valence-corrected chi connectivity index (χ2v) is 8.90. The van der Waals surface area contributed by atoms with Crippen molar-refractivity contribution < 1.29 is 8.81 Å². The Morgan fingerprint density at radius 2 is 1.94 bits per heavy atom. The van der Waals surface area contributed by atoms with Gasteiger partial charge in [-0.15, -0.1) is 0 Å². The Morgan fingerprint density at radius 1 is 1.19 bits per heavy atom. The first kappa shape index (κ1) is 20.3. The molecule has 2 aromatic heterocycles. The molecule has 3 heterocycles. The van der Waals surface area contributed by atoms with E-state index in [9.17, 15) is 14.4 Å². The number of aromatic nitrogens is 2. The maximum absolute atomic E-state index is 14.1. The first-order valence-electron chi connectivity index (χ1n) is 10.7. The van der Waals surface area contributed by atoms with Crippen molar-refractivity contribution in [1.82, 2.24) is 9.55 Å². The van der Waals surface area contributed by atoms with Gasteiger partial charge in [0.2, 0.25) is 5.89 Å². The zero-order valence-corrected chi connectivity index (χ0v) is 18.3. The highest BCUT2D eigenvalue weighted by molar-refractivity contribution is 5.95. The van der Waals surface area contributed by atoms with Gasteiger partial charge in [0.15, 0.2) is 5.58 Å². The van der Waals surface area contributed by atoms with E-state index in [1.165, 1.54) is 16.7 Å². The number of aryl methyl sites for hydroxylation is 2. The maximum Gasteiger partial charge on any atom is 0.270 e. The van der Waals surface area contributed by atoms with Gasteiger partial charge in [0, 0.05) is 30.9 Å². The van der Waals surface area contributed by atoms with Gasteiger partial charge in [0.05, 0.1) is 11.2 Å². The first-order chi connectivity index (χ1) is 15.3. The maximum atomic E-state index is 14.1. The minimum absolute atomic E-state index is 0.0477. The van der Waals surface area contributed by atoms with E-state index in [0.717, 1.165) is 29.5 Å². The fourth-order valence-corrected chi connectivity index (χ4v) is 4.67. The smallest absolute Gasteiger partial charge is 0.270 e. The summed E-state index contributed by atoms with van der Waals surface area (Å²) in [5.41, 5.74) is 3.28. The normalized spacial score (nSPS) is 15.9. The van der Waals surface area contributed by atoms with Crippen LogP contribution in [0.1, 0.15) is 36.8 Å². The monoisotopic (exact) mass is 430 g/mol. The molecule has 32 heavy (non-hydrogen) atoms. The van der Waals surface area contributed by atoms with E-state index in [1.54, 1.807) is 13.1 Å². The first-order valence-corrected chi connectivity index (χ1v) is 10.7. The fraction of sp³-hybridized carbons (Fsp3) is 0.320. The van der Waals surface area contributed by atoms with Crippen LogP contribution in [0.25, 0.3) is 22.0 Å². The summed E-state index contributed by atoms with van der Waals surface area (Å²) in [6, 6.07) is 12.4. The number of hydrogen-bond donors (Lipinski definition) is 0. The van der Waals surface area contributed by atoms with Gasteiger partial charge >= 0.3 is 0 Å². The van der Waals surface area contributed by atoms with Gasteiger partial charge in [0.1, 0.15) is 23.0 Å². The predicted octanol–water partition coefficient (Wildman–Crippen LogP) is 4.56. The number of rotatable bonds is 2. The van der Waals surface area contributed by atoms with Crippen LogP contribution >= 0.6 is 0 Å². The molecule has 0 unspecified atom stereocenters. The minimum Gasteiger partial charge on any atom is -0.440 e. The highest BCUT2D eigenvalue weighted by Crippen LogP contribution is 2.39. The molecule has 1 fully saturated rings. The Balaban J connectivity index is 1.54. The van der Waals surface area contributed by atoms with E-state index in [-0.39, 0.29) is 16.5 Å². The van der Waals surface area contributed by atoms with Crippen LogP contribution < -0.4 is 10.5 Å². The van der Waals surface area contributed by atoms with Crippen molar-refractivity contribution in [3.8, 4) is 6.07 Å². The van der Waals surface area contributed by atoms with Gasteiger partial charge in [0.25, 0.3) is 5.56 Å². The van der Waals surface area contributed by atoms with Crippen LogP contribution in [-0.4, -0.2) is 22.6 Å². The number of pyridine rings is 1. The molecule has 0 bridgehead atoms. The van der Waals surface area contributed by atoms with Crippen LogP contribution in [0.15, 0.2) is 45.6 Å². The Hall–Kier alpha value is -3.66. The summed E-state index contributed by atoms with van der Waals surface area (Å²) in [6.07, 6.45) is 1.46. The topological polar surface area (TPSA) is 75.1 Å². The van der Waals surface area contributed by atoms with Crippen LogP contribution in [0, 0.1) is 24.1 Å². The molecule has 7 heteroatoms. The average molecular weight is 430 g/mol. The average Bonchev–Trinajstić information content (AvgIpc) is 3.21. The van der Waals surface area contributed by atoms with E-state index in [2.05, 4.69) is 13.0 Å². The Morgan fingerprint density at radius 3 is 2.66 bits per heavy atom. The van der Waals surface area contributed by atoms with E-state index >= 15 is 0 Å². The molecular weight excluding hydrogens is 407 g/mol. The molecule has 1 aliphatic rings. The van der Waals surface area contributed by atoms with Crippen molar-refractivity contribution in [1.29, 1.82) is 5.26 Å². The number of benzene rings is 2. The molecule has 162 valence electrons. The van der Waals surface area contributed by atoms with Crippen LogP contribution in [0.5, 0.6) is 0 Å². The Labute approximate surface area is 184 Å². The third kappa shape index (κ3) is 3.06. The lowest BCUT2D eigenvalue weighted by Gasteiger charge is -2.39. The summed E-state index contributed by atoms with van der Waals surface area (Å²) in [6.45, 7) is 5.36. The molecular formula is C25H23FN4O2. The van der Waals surface area contributed by atoms with Gasteiger partial charge < -0.3 is 13.9 Å². The molecule has 0 saturated carbocycles. The zero-order valence-electron chi connectivity index (χ0n) is 18.3. The van der Waals surface area contributed by atoms with Crippen molar-refractivity contribution in [2.24, 2.45) is 7.05 Å². The summed E-state index contributed by atoms with van der Waals surface area (Å²) in [5, 5.41) is 10.3. The van der Waals surface area contributed by atoms with Crippen molar-refractivity contribution in [2.45, 2.75) is 32.1 Å². The largest absolute Gasteiger partial charge is 0.440 e. The van der Waals surface area contributed by atoms with Crippen LogP contribution in [0.4, 0.5) is 10.1 Å². The van der Waals surface area contributed by atoms with Gasteiger partial charge in [-0.1, -0.05) is 13.0 Å². The van der Waals surface area contributed by atoms with Gasteiger partial charge in [-0.3, -0.25) is 4.79 Å². The molecule has 0 atom stereocenters. The van der Waals surface area contributed by atoms with Crippen LogP contribution in [0.2, 0.25) is 0 Å². The van der Waals surface area contributed by atoms with Crippen LogP contribution in [-0.2, 0) is 12.5 Å². The number of fused-ring (bicyclic) bond motifs is 2. The lowest BCUT2D eigenvalue weighted by atomic mass is 9.80. The number of nitriles is 1. The molecule has 0 amide bonds. The number of halogens is 1. The summed E-state index contributed by atoms with van der Waals surface area (Å²) in [7, 11) is 1.61. The Kier molecular flexibility index (Phi) is 4.55. The molecule has 4 aromatic rings. The van der Waals surface area contributed by atoms with Gasteiger partial charge in [-0.25, -0.2) is 9.37 Å². The standard InChI is InChI=1S/C25H23FN4O2/c1-15-4-7-21-19(12-15)28-24(32-21)25(2)8-10-30(11-9-25)22-17-13-16(26)5-6-20(17)29(3)23(31)18(22)14-27/h4-7,12-13H,8-11H2,1-3H3. The second kappa shape index (κ2) is 7.20. The molecule has 1 saturated heterocycles. The molecule has 1 aliphatic heterocycles. The van der Waals surface area contributed by atoms with E-state index in [1.807, 2.05) is 30.0 Å². The minimum atomic E-state index is -0.398. The summed E-state index contributed by atoms with van der Waals surface area (Å²) < 4.78 is 21.6. The van der Waals surface area contributed by atoms with Crippen molar-refractivity contribution in [3.63, 3.8) is 0 Å². The highest BCUT2D eigenvalue weighted by atomic mass is 19.1. The second-order valence-electron chi connectivity index (χ2n) is 8.90. The molecule has 0 spiro atoms. The third-order valence-corrected chi connectivity index (χ3v) is 6.68. The van der Waals surface area contributed by atoms with Crippen molar-refractivity contribution >= 4 is 27.7 Å². The number of anilines is 1. The molecule has 0 radical (unpaired) electrons. The van der Waals surface area contributed by atoms with Gasteiger partial charge in [-0.2, -0.15) is 5.26 Å². The highest BCUT2D eigenvalue weighted by Gasteiger charge is 2.37. The molecule has 0 N–H and O–H groups in total. The zero-order chi connectivity index (χ0) is 22.6. The van der Waals surface area contributed by atoms with E-state index in [0.29, 0.717) is 35.6 Å². The van der Waals surface area contributed by atoms with E-state index < -0.39 is 5.82 Å². The molecule has 0 aliphatic carbocycles. The lowest BCUT2D eigenvalue weighted by molar-refractivity contribution is 0.292.